The quantitative estimate of drug-likeness (QED) is 0.0470. The molecule has 1 fully saturated rings. The Balaban J connectivity index is 2.20. The van der Waals surface area contributed by atoms with Crippen LogP contribution in [0.3, 0.4) is 0 Å². The standard InChI is InChI=1S/C54H94N12O11/c1-16-17-18-19-20-21-23-38(61-46(71)40-24-22-29-64(40)48(73)39-33-77-37(8)60-39)45(70)58-32-44(69)66(36(6)7)54(13,14)51(76)59-31-43(68)65(35(4)5)41(30-34(2)3)47(72)62-53(11,12)50(75)63-52(9,10)49(74)57-26-25-42(67)56-28-27-55-15/h33-36,38,40-41,55H,16-32H2,1-15H3,(H,56,67)(H,57,74)(H,58,70)(H,59,76)(H,61,71)(H,62,72)(H,63,75). The summed E-state index contributed by atoms with van der Waals surface area (Å²) in [7, 11) is 1.76. The summed E-state index contributed by atoms with van der Waals surface area (Å²) in [5, 5.41) is 22.0. The summed E-state index contributed by atoms with van der Waals surface area (Å²) in [5.74, 6) is -5.34. The monoisotopic (exact) mass is 1090 g/mol. The highest BCUT2D eigenvalue weighted by atomic mass is 16.3. The normalized spacial score (nSPS) is 14.6. The van der Waals surface area contributed by atoms with E-state index in [1.54, 1.807) is 41.7 Å². The Morgan fingerprint density at radius 3 is 1.94 bits per heavy atom. The number of nitrogens with one attached hydrogen (secondary N) is 8. The van der Waals surface area contributed by atoms with Crippen LogP contribution in [-0.2, 0) is 43.2 Å². The highest BCUT2D eigenvalue weighted by Crippen LogP contribution is 2.23. The van der Waals surface area contributed by atoms with Crippen molar-refractivity contribution >= 4 is 59.1 Å². The fraction of sp³-hybridized carbons (Fsp3) is 0.759. The third-order valence-electron chi connectivity index (χ3n) is 13.4. The fourth-order valence-electron chi connectivity index (χ4n) is 9.23. The number of likely N-dealkylation sites (tertiary alicyclic amines) is 1. The number of aryl methyl sites for hydroxylation is 1. The predicted octanol–water partition coefficient (Wildman–Crippen LogP) is 2.35. The molecule has 0 bridgehead atoms. The zero-order valence-corrected chi connectivity index (χ0v) is 48.8. The van der Waals surface area contributed by atoms with Crippen molar-refractivity contribution in [2.75, 3.05) is 46.3 Å². The topological polar surface area (TPSA) is 303 Å². The van der Waals surface area contributed by atoms with E-state index < -0.39 is 113 Å². The van der Waals surface area contributed by atoms with E-state index in [0.717, 1.165) is 32.1 Å². The molecule has 0 aromatic carbocycles. The van der Waals surface area contributed by atoms with Crippen molar-refractivity contribution in [2.45, 2.75) is 214 Å². The molecule has 3 unspecified atom stereocenters. The van der Waals surface area contributed by atoms with Gasteiger partial charge < -0.3 is 61.7 Å². The number of nitrogens with zero attached hydrogens (tertiary/aromatic N) is 4. The molecule has 0 aliphatic carbocycles. The molecule has 2 heterocycles. The molecule has 0 spiro atoms. The fourth-order valence-corrected chi connectivity index (χ4v) is 9.23. The number of carbonyl (C=O) groups is 10. The van der Waals surface area contributed by atoms with Crippen LogP contribution in [-0.4, -0.2) is 172 Å². The summed E-state index contributed by atoms with van der Waals surface area (Å²) in [5.41, 5.74) is -4.50. The molecule has 77 heavy (non-hydrogen) atoms. The van der Waals surface area contributed by atoms with Gasteiger partial charge in [0.05, 0.1) is 13.1 Å². The van der Waals surface area contributed by atoms with Gasteiger partial charge in [0.25, 0.3) is 5.91 Å². The third-order valence-corrected chi connectivity index (χ3v) is 13.4. The summed E-state index contributed by atoms with van der Waals surface area (Å²) in [6, 6.07) is -4.07. The molecule has 1 aromatic heterocycles. The first-order valence-electron chi connectivity index (χ1n) is 27.5. The maximum Gasteiger partial charge on any atom is 0.276 e. The molecule has 0 saturated carbocycles. The number of hydrogen-bond donors (Lipinski definition) is 8. The lowest BCUT2D eigenvalue weighted by molar-refractivity contribution is -0.150. The molecule has 3 atom stereocenters. The Labute approximate surface area is 456 Å². The Hall–Kier alpha value is -6.13. The Bertz CT molecular complexity index is 2170. The molecule has 23 heteroatoms. The van der Waals surface area contributed by atoms with Crippen LogP contribution in [0, 0.1) is 12.8 Å². The lowest BCUT2D eigenvalue weighted by atomic mass is 9.96. The van der Waals surface area contributed by atoms with E-state index in [2.05, 4.69) is 54.4 Å². The van der Waals surface area contributed by atoms with Crippen molar-refractivity contribution in [1.82, 2.24) is 62.2 Å². The minimum absolute atomic E-state index is 0.0346. The summed E-state index contributed by atoms with van der Waals surface area (Å²) in [4.78, 5) is 145. The van der Waals surface area contributed by atoms with Crippen LogP contribution in [0.5, 0.6) is 0 Å². The molecular weight excluding hydrogens is 993 g/mol. The van der Waals surface area contributed by atoms with Crippen LogP contribution < -0.4 is 42.5 Å². The molecule has 436 valence electrons. The first kappa shape index (κ1) is 67.0. The molecule has 1 aliphatic rings. The average Bonchev–Trinajstić information content (AvgIpc) is 4.02. The van der Waals surface area contributed by atoms with Crippen molar-refractivity contribution in [2.24, 2.45) is 5.92 Å². The Morgan fingerprint density at radius 2 is 1.35 bits per heavy atom. The van der Waals surface area contributed by atoms with Crippen molar-refractivity contribution in [1.29, 1.82) is 0 Å². The van der Waals surface area contributed by atoms with Gasteiger partial charge in [-0.3, -0.25) is 47.9 Å². The number of rotatable bonds is 33. The zero-order valence-electron chi connectivity index (χ0n) is 48.8. The number of unbranched alkanes of at least 4 members (excludes halogenated alkanes) is 5. The second-order valence-electron chi connectivity index (χ2n) is 22.5. The summed E-state index contributed by atoms with van der Waals surface area (Å²) in [6.45, 7) is 23.6. The van der Waals surface area contributed by atoms with Crippen LogP contribution in [0.15, 0.2) is 10.7 Å². The SMILES string of the molecule is CCCCCCCCC(NC(=O)C1CCCN1C(=O)c1coc(C)n1)C(=O)NCC(=O)N(C(C)C)C(C)(C)C(=O)NCC(=O)N(C(C)C)C(CC(C)C)C(=O)NC(C)(C)C(=O)NC(C)(C)C(=O)NCCC(=O)NCCNC. The van der Waals surface area contributed by atoms with E-state index in [4.69, 9.17) is 4.42 Å². The lowest BCUT2D eigenvalue weighted by Gasteiger charge is -2.41. The van der Waals surface area contributed by atoms with Gasteiger partial charge in [-0.25, -0.2) is 4.98 Å². The number of likely N-dealkylation sites (N-methyl/N-ethyl adjacent to an activating group) is 1. The third kappa shape index (κ3) is 21.0. The van der Waals surface area contributed by atoms with Crippen LogP contribution in [0.1, 0.15) is 177 Å². The van der Waals surface area contributed by atoms with E-state index in [1.165, 1.54) is 62.5 Å². The maximum atomic E-state index is 14.2. The van der Waals surface area contributed by atoms with E-state index in [1.807, 2.05) is 13.8 Å². The molecular formula is C54H94N12O11. The minimum Gasteiger partial charge on any atom is -0.448 e. The number of oxazole rings is 1. The van der Waals surface area contributed by atoms with Crippen molar-refractivity contribution in [3.8, 4) is 0 Å². The number of carbonyl (C=O) groups excluding carboxylic acids is 10. The average molecular weight is 1090 g/mol. The molecule has 1 aromatic rings. The molecule has 8 N–H and O–H groups in total. The van der Waals surface area contributed by atoms with Gasteiger partial charge in [0.15, 0.2) is 11.6 Å². The molecule has 2 rings (SSSR count). The zero-order chi connectivity index (χ0) is 58.4. The lowest BCUT2D eigenvalue weighted by Crippen LogP contribution is -2.65. The minimum atomic E-state index is -1.58. The van der Waals surface area contributed by atoms with E-state index in [-0.39, 0.29) is 43.3 Å². The Morgan fingerprint density at radius 1 is 0.727 bits per heavy atom. The van der Waals surface area contributed by atoms with Gasteiger partial charge in [-0.05, 0) is 108 Å². The summed E-state index contributed by atoms with van der Waals surface area (Å²) in [6.07, 6.45) is 8.32. The molecule has 1 aliphatic heterocycles. The highest BCUT2D eigenvalue weighted by molar-refractivity contribution is 6.00. The number of aromatic nitrogens is 1. The van der Waals surface area contributed by atoms with Gasteiger partial charge in [-0.1, -0.05) is 59.3 Å². The van der Waals surface area contributed by atoms with E-state index in [9.17, 15) is 47.9 Å². The summed E-state index contributed by atoms with van der Waals surface area (Å²) >= 11 is 0. The van der Waals surface area contributed by atoms with Gasteiger partial charge >= 0.3 is 0 Å². The molecule has 10 amide bonds. The van der Waals surface area contributed by atoms with Gasteiger partial charge in [0.1, 0.15) is 41.0 Å². The first-order valence-corrected chi connectivity index (χ1v) is 27.5. The van der Waals surface area contributed by atoms with E-state index >= 15 is 0 Å². The number of hydrogen-bond acceptors (Lipinski definition) is 13. The van der Waals surface area contributed by atoms with Crippen LogP contribution in [0.4, 0.5) is 0 Å². The van der Waals surface area contributed by atoms with Crippen LogP contribution in [0.2, 0.25) is 0 Å². The molecule has 0 radical (unpaired) electrons. The van der Waals surface area contributed by atoms with Gasteiger partial charge in [-0.15, -0.1) is 0 Å². The second kappa shape index (κ2) is 31.3. The number of amides is 10. The maximum absolute atomic E-state index is 14.2. The van der Waals surface area contributed by atoms with Gasteiger partial charge in [-0.2, -0.15) is 0 Å². The van der Waals surface area contributed by atoms with Gasteiger partial charge in [0.2, 0.25) is 53.2 Å². The Kier molecular flexibility index (Phi) is 27.2. The van der Waals surface area contributed by atoms with Crippen LogP contribution >= 0.6 is 0 Å². The van der Waals surface area contributed by atoms with Crippen molar-refractivity contribution in [3.63, 3.8) is 0 Å². The predicted molar refractivity (Wildman–Crippen MR) is 292 cm³/mol. The first-order chi connectivity index (χ1) is 35.9. The smallest absolute Gasteiger partial charge is 0.276 e. The second-order valence-corrected chi connectivity index (χ2v) is 22.5. The van der Waals surface area contributed by atoms with Gasteiger partial charge in [0, 0.05) is 51.6 Å². The molecule has 1 saturated heterocycles. The van der Waals surface area contributed by atoms with Crippen LogP contribution in [0.25, 0.3) is 0 Å². The van der Waals surface area contributed by atoms with E-state index in [0.29, 0.717) is 44.8 Å². The van der Waals surface area contributed by atoms with Crippen molar-refractivity contribution in [3.05, 3.63) is 17.8 Å². The van der Waals surface area contributed by atoms with Crippen molar-refractivity contribution < 1.29 is 52.4 Å². The highest BCUT2D eigenvalue weighted by Gasteiger charge is 2.43. The molecule has 23 nitrogen and oxygen atoms in total. The largest absolute Gasteiger partial charge is 0.448 e. The summed E-state index contributed by atoms with van der Waals surface area (Å²) < 4.78 is 5.22.